The molecule has 11 aromatic carbocycles. The second-order valence-corrected chi connectivity index (χ2v) is 15.3. The van der Waals surface area contributed by atoms with Gasteiger partial charge in [-0.3, -0.25) is 0 Å². The van der Waals surface area contributed by atoms with Crippen LogP contribution in [0, 0.1) is 0 Å². The fraction of sp³-hybridized carbons (Fsp3) is 0. The molecule has 0 N–H and O–H groups in total. The molecular weight excluding hydrogens is 711 g/mol. The lowest BCUT2D eigenvalue weighted by molar-refractivity contribution is 1.28. The van der Waals surface area contributed by atoms with Crippen molar-refractivity contribution in [3.05, 3.63) is 237 Å². The predicted octanol–water partition coefficient (Wildman–Crippen LogP) is 16.4. The molecule has 0 atom stereocenters. The first kappa shape index (κ1) is 34.5. The maximum atomic E-state index is 2.40. The zero-order chi connectivity index (χ0) is 39.1. The number of hydrogen-bond donors (Lipinski definition) is 0. The van der Waals surface area contributed by atoms with Gasteiger partial charge in [0, 0.05) is 17.1 Å². The van der Waals surface area contributed by atoms with Gasteiger partial charge in [-0.1, -0.05) is 188 Å². The molecule has 0 aliphatic rings. The first-order valence-electron chi connectivity index (χ1n) is 20.3. The molecule has 0 aliphatic heterocycles. The molecule has 0 saturated heterocycles. The molecular formula is C58H39N. The Bertz CT molecular complexity index is 3240. The Kier molecular flexibility index (Phi) is 8.56. The summed E-state index contributed by atoms with van der Waals surface area (Å²) in [6, 6.07) is 86.4. The molecule has 1 nitrogen and oxygen atoms in total. The second-order valence-electron chi connectivity index (χ2n) is 15.3. The lowest BCUT2D eigenvalue weighted by Gasteiger charge is -2.28. The Morgan fingerprint density at radius 1 is 0.220 bits per heavy atom. The molecule has 276 valence electrons. The molecule has 0 bridgehead atoms. The summed E-state index contributed by atoms with van der Waals surface area (Å²) in [5.74, 6) is 0. The average Bonchev–Trinajstić information content (AvgIpc) is 3.32. The van der Waals surface area contributed by atoms with E-state index in [1.807, 2.05) is 0 Å². The Hall–Kier alpha value is -7.74. The van der Waals surface area contributed by atoms with Crippen molar-refractivity contribution in [1.29, 1.82) is 0 Å². The zero-order valence-corrected chi connectivity index (χ0v) is 32.5. The van der Waals surface area contributed by atoms with E-state index in [9.17, 15) is 0 Å². The van der Waals surface area contributed by atoms with E-state index in [-0.39, 0.29) is 0 Å². The van der Waals surface area contributed by atoms with Gasteiger partial charge in [-0.2, -0.15) is 0 Å². The minimum absolute atomic E-state index is 1.09. The van der Waals surface area contributed by atoms with Crippen LogP contribution < -0.4 is 4.90 Å². The molecule has 11 aromatic rings. The summed E-state index contributed by atoms with van der Waals surface area (Å²) < 4.78 is 0. The second kappa shape index (κ2) is 14.6. The largest absolute Gasteiger partial charge is 0.310 e. The lowest BCUT2D eigenvalue weighted by atomic mass is 9.85. The maximum Gasteiger partial charge on any atom is 0.0474 e. The summed E-state index contributed by atoms with van der Waals surface area (Å²) in [6.45, 7) is 0. The molecule has 11 rings (SSSR count). The highest BCUT2D eigenvalue weighted by molar-refractivity contribution is 6.14. The molecule has 0 fully saturated rings. The molecule has 0 unspecified atom stereocenters. The number of nitrogens with zero attached hydrogens (tertiary/aromatic N) is 1. The predicted molar refractivity (Wildman–Crippen MR) is 253 cm³/mol. The molecule has 0 amide bonds. The highest BCUT2D eigenvalue weighted by Crippen LogP contribution is 2.47. The van der Waals surface area contributed by atoms with Gasteiger partial charge >= 0.3 is 0 Å². The summed E-state index contributed by atoms with van der Waals surface area (Å²) in [6.07, 6.45) is 0. The monoisotopic (exact) mass is 749 g/mol. The fourth-order valence-corrected chi connectivity index (χ4v) is 9.02. The third-order valence-corrected chi connectivity index (χ3v) is 11.8. The summed E-state index contributed by atoms with van der Waals surface area (Å²) in [7, 11) is 0. The molecule has 0 radical (unpaired) electrons. The van der Waals surface area contributed by atoms with Crippen LogP contribution >= 0.6 is 0 Å². The van der Waals surface area contributed by atoms with Gasteiger partial charge in [-0.05, 0) is 136 Å². The Morgan fingerprint density at radius 3 is 1.31 bits per heavy atom. The van der Waals surface area contributed by atoms with Gasteiger partial charge in [-0.25, -0.2) is 0 Å². The topological polar surface area (TPSA) is 3.24 Å². The van der Waals surface area contributed by atoms with Crippen molar-refractivity contribution in [3.63, 3.8) is 0 Å². The number of benzene rings is 11. The zero-order valence-electron chi connectivity index (χ0n) is 32.5. The summed E-state index contributed by atoms with van der Waals surface area (Å²) in [4.78, 5) is 2.40. The van der Waals surface area contributed by atoms with Crippen LogP contribution in [0.2, 0.25) is 0 Å². The van der Waals surface area contributed by atoms with Gasteiger partial charge in [-0.15, -0.1) is 0 Å². The molecule has 0 aromatic heterocycles. The maximum absolute atomic E-state index is 2.40. The number of anilines is 3. The Balaban J connectivity index is 1.14. The molecule has 59 heavy (non-hydrogen) atoms. The Morgan fingerprint density at radius 2 is 0.661 bits per heavy atom. The third kappa shape index (κ3) is 6.21. The van der Waals surface area contributed by atoms with Crippen molar-refractivity contribution < 1.29 is 0 Å². The van der Waals surface area contributed by atoms with Gasteiger partial charge in [0.2, 0.25) is 0 Å². The van der Waals surface area contributed by atoms with Gasteiger partial charge < -0.3 is 4.90 Å². The van der Waals surface area contributed by atoms with E-state index >= 15 is 0 Å². The number of hydrogen-bond acceptors (Lipinski definition) is 1. The molecule has 0 saturated carbocycles. The van der Waals surface area contributed by atoms with E-state index < -0.39 is 0 Å². The Labute approximate surface area is 344 Å². The van der Waals surface area contributed by atoms with E-state index in [4.69, 9.17) is 0 Å². The fourth-order valence-electron chi connectivity index (χ4n) is 9.02. The van der Waals surface area contributed by atoms with Crippen LogP contribution in [0.3, 0.4) is 0 Å². The van der Waals surface area contributed by atoms with E-state index in [2.05, 4.69) is 241 Å². The van der Waals surface area contributed by atoms with Crippen molar-refractivity contribution in [2.45, 2.75) is 0 Å². The minimum Gasteiger partial charge on any atom is -0.310 e. The van der Waals surface area contributed by atoms with Crippen molar-refractivity contribution in [1.82, 2.24) is 0 Å². The van der Waals surface area contributed by atoms with Crippen LogP contribution in [0.5, 0.6) is 0 Å². The average molecular weight is 750 g/mol. The summed E-state index contributed by atoms with van der Waals surface area (Å²) in [5, 5.41) is 10.1. The highest BCUT2D eigenvalue weighted by atomic mass is 15.1. The first-order valence-corrected chi connectivity index (χ1v) is 20.3. The van der Waals surface area contributed by atoms with Gasteiger partial charge in [0.05, 0.1) is 0 Å². The van der Waals surface area contributed by atoms with Crippen molar-refractivity contribution >= 4 is 60.2 Å². The smallest absolute Gasteiger partial charge is 0.0474 e. The number of fused-ring (bicyclic) bond motifs is 6. The number of para-hydroxylation sites is 1. The van der Waals surface area contributed by atoms with Crippen LogP contribution in [-0.4, -0.2) is 0 Å². The first-order chi connectivity index (χ1) is 29.3. The molecule has 0 heterocycles. The normalized spacial score (nSPS) is 11.4. The number of rotatable bonds is 7. The molecule has 1 heteroatoms. The summed E-state index contributed by atoms with van der Waals surface area (Å²) >= 11 is 0. The molecule has 0 spiro atoms. The van der Waals surface area contributed by atoms with Crippen LogP contribution in [0.1, 0.15) is 0 Å². The minimum atomic E-state index is 1.09. The van der Waals surface area contributed by atoms with Gasteiger partial charge in [0.25, 0.3) is 0 Å². The van der Waals surface area contributed by atoms with E-state index in [1.54, 1.807) is 0 Å². The quantitative estimate of drug-likeness (QED) is 0.147. The highest BCUT2D eigenvalue weighted by Gasteiger charge is 2.22. The van der Waals surface area contributed by atoms with Crippen molar-refractivity contribution in [2.75, 3.05) is 4.90 Å². The lowest BCUT2D eigenvalue weighted by Crippen LogP contribution is -2.10. The van der Waals surface area contributed by atoms with Gasteiger partial charge in [0.1, 0.15) is 0 Å². The van der Waals surface area contributed by atoms with Crippen LogP contribution in [0.4, 0.5) is 17.1 Å². The van der Waals surface area contributed by atoms with E-state index in [0.29, 0.717) is 0 Å². The summed E-state index contributed by atoms with van der Waals surface area (Å²) in [5.41, 5.74) is 12.8. The van der Waals surface area contributed by atoms with E-state index in [1.165, 1.54) is 87.6 Å². The van der Waals surface area contributed by atoms with Crippen molar-refractivity contribution in [3.8, 4) is 44.5 Å². The van der Waals surface area contributed by atoms with Crippen LogP contribution in [0.25, 0.3) is 87.6 Å². The van der Waals surface area contributed by atoms with Crippen LogP contribution in [-0.2, 0) is 0 Å². The van der Waals surface area contributed by atoms with E-state index in [0.717, 1.165) is 17.1 Å². The van der Waals surface area contributed by atoms with Gasteiger partial charge in [0.15, 0.2) is 0 Å². The van der Waals surface area contributed by atoms with Crippen LogP contribution in [0.15, 0.2) is 237 Å². The standard InChI is InChI=1S/C58H39N/c1-4-16-40(17-5-1)56-38-49(39-57(41-18-6-2-7-19-41)58(56)46-31-30-43-29-28-42-20-10-12-24-50(42)54(43)37-46)59(47-22-8-3-9-23-47)48-34-32-44(33-35-48)55-36-45-21-11-13-25-51(45)52-26-14-15-27-53(52)55/h1-39H. The third-order valence-electron chi connectivity index (χ3n) is 11.8. The SMILES string of the molecule is c1ccc(-c2cc(N(c3ccccc3)c3ccc(-c4cc5ccccc5c5ccccc45)cc3)cc(-c3ccccc3)c2-c2ccc3ccc4ccccc4c3c2)cc1. The molecule has 0 aliphatic carbocycles. The van der Waals surface area contributed by atoms with Crippen molar-refractivity contribution in [2.24, 2.45) is 0 Å².